The summed E-state index contributed by atoms with van der Waals surface area (Å²) in [4.78, 5) is 31.7. The summed E-state index contributed by atoms with van der Waals surface area (Å²) in [7, 11) is 0. The normalized spacial score (nSPS) is 22.7. The van der Waals surface area contributed by atoms with Gasteiger partial charge in [-0.3, -0.25) is 9.69 Å². The molecular formula is C20H28N6O3. The Balaban J connectivity index is 1.62. The van der Waals surface area contributed by atoms with Crippen LogP contribution >= 0.6 is 0 Å². The molecule has 9 heteroatoms. The SMILES string of the molecule is CC(C)(C)[C@]1(CNc2ccc3ncc(N4CCCC4=O)n3n2)CCCN1C(=O)O. The van der Waals surface area contributed by atoms with E-state index in [1.165, 1.54) is 0 Å². The molecule has 2 aliphatic heterocycles. The molecule has 4 heterocycles. The van der Waals surface area contributed by atoms with Crippen molar-refractivity contribution in [2.24, 2.45) is 5.41 Å². The highest BCUT2D eigenvalue weighted by Crippen LogP contribution is 2.43. The van der Waals surface area contributed by atoms with Crippen molar-refractivity contribution in [3.63, 3.8) is 0 Å². The minimum Gasteiger partial charge on any atom is -0.465 e. The van der Waals surface area contributed by atoms with Crippen LogP contribution in [0.5, 0.6) is 0 Å². The first kappa shape index (κ1) is 19.5. The van der Waals surface area contributed by atoms with E-state index in [9.17, 15) is 14.7 Å². The Hall–Kier alpha value is -2.84. The van der Waals surface area contributed by atoms with Crippen molar-refractivity contribution in [2.75, 3.05) is 29.9 Å². The second-order valence-electron chi connectivity index (χ2n) is 8.93. The second-order valence-corrected chi connectivity index (χ2v) is 8.93. The summed E-state index contributed by atoms with van der Waals surface area (Å²) in [6.07, 6.45) is 3.83. The molecule has 0 unspecified atom stereocenters. The van der Waals surface area contributed by atoms with Crippen LogP contribution in [0.4, 0.5) is 16.4 Å². The van der Waals surface area contributed by atoms with Gasteiger partial charge in [-0.1, -0.05) is 20.8 Å². The van der Waals surface area contributed by atoms with Gasteiger partial charge in [-0.15, -0.1) is 5.10 Å². The average molecular weight is 400 g/mol. The van der Waals surface area contributed by atoms with Gasteiger partial charge in [-0.2, -0.15) is 4.52 Å². The van der Waals surface area contributed by atoms with Gasteiger partial charge >= 0.3 is 6.09 Å². The molecule has 0 aliphatic carbocycles. The Kier molecular flexibility index (Phi) is 4.63. The van der Waals surface area contributed by atoms with Gasteiger partial charge in [0, 0.05) is 26.1 Å². The quantitative estimate of drug-likeness (QED) is 0.818. The Morgan fingerprint density at radius 3 is 2.72 bits per heavy atom. The molecular weight excluding hydrogens is 372 g/mol. The molecule has 0 radical (unpaired) electrons. The number of imidazole rings is 1. The lowest BCUT2D eigenvalue weighted by atomic mass is 9.71. The first-order valence-electron chi connectivity index (χ1n) is 10.1. The molecule has 2 N–H and O–H groups in total. The van der Waals surface area contributed by atoms with E-state index in [0.29, 0.717) is 43.3 Å². The van der Waals surface area contributed by atoms with Crippen LogP contribution in [0, 0.1) is 5.41 Å². The summed E-state index contributed by atoms with van der Waals surface area (Å²) >= 11 is 0. The summed E-state index contributed by atoms with van der Waals surface area (Å²) in [5, 5.41) is 17.7. The van der Waals surface area contributed by atoms with E-state index in [2.05, 4.69) is 36.2 Å². The van der Waals surface area contributed by atoms with E-state index >= 15 is 0 Å². The van der Waals surface area contributed by atoms with Crippen LogP contribution < -0.4 is 10.2 Å². The number of anilines is 2. The average Bonchev–Trinajstić information content (AvgIpc) is 3.36. The van der Waals surface area contributed by atoms with Crippen molar-refractivity contribution in [1.82, 2.24) is 19.5 Å². The van der Waals surface area contributed by atoms with Crippen LogP contribution in [0.15, 0.2) is 18.3 Å². The number of carbonyl (C=O) groups is 2. The van der Waals surface area contributed by atoms with E-state index in [0.717, 1.165) is 19.3 Å². The van der Waals surface area contributed by atoms with Crippen LogP contribution in [0.3, 0.4) is 0 Å². The third-order valence-electron chi connectivity index (χ3n) is 6.37. The monoisotopic (exact) mass is 400 g/mol. The van der Waals surface area contributed by atoms with E-state index in [1.54, 1.807) is 20.5 Å². The lowest BCUT2D eigenvalue weighted by Crippen LogP contribution is -2.59. The molecule has 9 nitrogen and oxygen atoms in total. The van der Waals surface area contributed by atoms with E-state index in [4.69, 9.17) is 0 Å². The summed E-state index contributed by atoms with van der Waals surface area (Å²) in [5.74, 6) is 1.38. The summed E-state index contributed by atoms with van der Waals surface area (Å²) in [6, 6.07) is 3.70. The molecule has 2 aliphatic rings. The maximum absolute atomic E-state index is 12.1. The lowest BCUT2D eigenvalue weighted by Gasteiger charge is -2.47. The molecule has 1 atom stereocenters. The number of carboxylic acid groups (broad SMARTS) is 1. The number of nitrogens with zero attached hydrogens (tertiary/aromatic N) is 5. The van der Waals surface area contributed by atoms with Crippen molar-refractivity contribution in [3.8, 4) is 0 Å². The van der Waals surface area contributed by atoms with E-state index < -0.39 is 11.6 Å². The Morgan fingerprint density at radius 1 is 1.28 bits per heavy atom. The highest BCUT2D eigenvalue weighted by Gasteiger charge is 2.51. The van der Waals surface area contributed by atoms with Gasteiger partial charge < -0.3 is 15.3 Å². The zero-order chi connectivity index (χ0) is 20.8. The Morgan fingerprint density at radius 2 is 2.07 bits per heavy atom. The molecule has 0 aromatic carbocycles. The van der Waals surface area contributed by atoms with Gasteiger partial charge in [0.1, 0.15) is 5.82 Å². The number of hydrogen-bond donors (Lipinski definition) is 2. The van der Waals surface area contributed by atoms with Crippen molar-refractivity contribution >= 4 is 29.3 Å². The fraction of sp³-hybridized carbons (Fsp3) is 0.600. The van der Waals surface area contributed by atoms with Crippen molar-refractivity contribution < 1.29 is 14.7 Å². The standard InChI is InChI=1S/C20H28N6O3/c1-19(2,3)20(9-5-11-25(20)18(28)29)13-22-14-7-8-15-21-12-16(26(15)23-14)24-10-4-6-17(24)27/h7-8,12H,4-6,9-11,13H2,1-3H3,(H,22,23)(H,28,29)/t20-/m1/s1. The fourth-order valence-corrected chi connectivity index (χ4v) is 4.65. The van der Waals surface area contributed by atoms with Crippen molar-refractivity contribution in [3.05, 3.63) is 18.3 Å². The van der Waals surface area contributed by atoms with Crippen LogP contribution in [-0.2, 0) is 4.79 Å². The van der Waals surface area contributed by atoms with Gasteiger partial charge in [0.2, 0.25) is 5.91 Å². The largest absolute Gasteiger partial charge is 0.465 e. The Bertz CT molecular complexity index is 949. The summed E-state index contributed by atoms with van der Waals surface area (Å²) < 4.78 is 1.68. The van der Waals surface area contributed by atoms with Gasteiger partial charge in [-0.25, -0.2) is 9.78 Å². The minimum absolute atomic E-state index is 0.0849. The molecule has 0 bridgehead atoms. The number of nitrogens with one attached hydrogen (secondary N) is 1. The van der Waals surface area contributed by atoms with E-state index in [-0.39, 0.29) is 11.3 Å². The van der Waals surface area contributed by atoms with Crippen molar-refractivity contribution in [2.45, 2.75) is 52.0 Å². The van der Waals surface area contributed by atoms with Crippen LogP contribution in [-0.4, -0.2) is 61.8 Å². The zero-order valence-electron chi connectivity index (χ0n) is 17.2. The van der Waals surface area contributed by atoms with Crippen molar-refractivity contribution in [1.29, 1.82) is 0 Å². The fourth-order valence-electron chi connectivity index (χ4n) is 4.65. The summed E-state index contributed by atoms with van der Waals surface area (Å²) in [5.41, 5.74) is -0.0805. The molecule has 4 rings (SSSR count). The number of carbonyl (C=O) groups excluding carboxylic acids is 1. The van der Waals surface area contributed by atoms with Gasteiger partial charge in [-0.05, 0) is 36.8 Å². The smallest absolute Gasteiger partial charge is 0.407 e. The first-order valence-corrected chi connectivity index (χ1v) is 10.1. The minimum atomic E-state index is -0.882. The van der Waals surface area contributed by atoms with Gasteiger partial charge in [0.15, 0.2) is 11.5 Å². The summed E-state index contributed by atoms with van der Waals surface area (Å²) in [6.45, 7) is 7.93. The molecule has 2 amide bonds. The first-order chi connectivity index (χ1) is 13.7. The maximum atomic E-state index is 12.1. The molecule has 0 saturated carbocycles. The van der Waals surface area contributed by atoms with Crippen LogP contribution in [0.25, 0.3) is 5.65 Å². The predicted molar refractivity (Wildman–Crippen MR) is 109 cm³/mol. The number of hydrogen-bond acceptors (Lipinski definition) is 5. The number of rotatable bonds is 4. The van der Waals surface area contributed by atoms with Crippen LogP contribution in [0.1, 0.15) is 46.5 Å². The molecule has 0 spiro atoms. The van der Waals surface area contributed by atoms with Gasteiger partial charge in [0.05, 0.1) is 11.7 Å². The third-order valence-corrected chi connectivity index (χ3v) is 6.37. The topological polar surface area (TPSA) is 103 Å². The highest BCUT2D eigenvalue weighted by atomic mass is 16.4. The Labute approximate surface area is 169 Å². The number of likely N-dealkylation sites (tertiary alicyclic amines) is 1. The highest BCUT2D eigenvalue weighted by molar-refractivity contribution is 5.94. The van der Waals surface area contributed by atoms with Gasteiger partial charge in [0.25, 0.3) is 0 Å². The maximum Gasteiger partial charge on any atom is 0.407 e. The molecule has 156 valence electrons. The zero-order valence-corrected chi connectivity index (χ0v) is 17.2. The molecule has 2 aromatic rings. The second kappa shape index (κ2) is 6.89. The van der Waals surface area contributed by atoms with Crippen LogP contribution in [0.2, 0.25) is 0 Å². The molecule has 2 aromatic heterocycles. The molecule has 29 heavy (non-hydrogen) atoms. The number of aromatic nitrogens is 3. The number of fused-ring (bicyclic) bond motifs is 1. The predicted octanol–water partition coefficient (Wildman–Crippen LogP) is 2.83. The molecule has 2 saturated heterocycles. The number of amides is 2. The molecule has 2 fully saturated rings. The lowest BCUT2D eigenvalue weighted by molar-refractivity contribution is -0.117. The third kappa shape index (κ3) is 3.18. The van der Waals surface area contributed by atoms with E-state index in [1.807, 2.05) is 12.1 Å².